The Balaban J connectivity index is 3.07. The first kappa shape index (κ1) is 10.0. The highest BCUT2D eigenvalue weighted by Gasteiger charge is 2.39. The predicted octanol–water partition coefficient (Wildman–Crippen LogP) is 1.50. The maximum absolute atomic E-state index is 12.2. The molecule has 74 valence electrons. The van der Waals surface area contributed by atoms with Gasteiger partial charge in [-0.2, -0.15) is 13.2 Å². The highest BCUT2D eigenvalue weighted by Crippen LogP contribution is 2.33. The first-order valence-corrected chi connectivity index (χ1v) is 3.69. The average Bonchev–Trinajstić information content (AvgIpc) is 2.32. The Morgan fingerprint density at radius 1 is 1.46 bits per heavy atom. The Morgan fingerprint density at radius 2 is 2.08 bits per heavy atom. The van der Waals surface area contributed by atoms with Crippen molar-refractivity contribution < 1.29 is 17.7 Å². The number of hydrogen-bond acceptors (Lipinski definition) is 3. The SMILES string of the molecule is Cc1noc(C(F)(F)F)c1CCN. The molecule has 13 heavy (non-hydrogen) atoms. The molecular weight excluding hydrogens is 185 g/mol. The molecule has 0 saturated carbocycles. The van der Waals surface area contributed by atoms with Crippen molar-refractivity contribution in [2.45, 2.75) is 19.5 Å². The number of halogens is 3. The van der Waals surface area contributed by atoms with Crippen molar-refractivity contribution in [2.24, 2.45) is 5.73 Å². The summed E-state index contributed by atoms with van der Waals surface area (Å²) in [5, 5.41) is 3.25. The second-order valence-electron chi connectivity index (χ2n) is 2.61. The van der Waals surface area contributed by atoms with Crippen LogP contribution in [0.2, 0.25) is 0 Å². The highest BCUT2D eigenvalue weighted by molar-refractivity contribution is 5.24. The van der Waals surface area contributed by atoms with Crippen LogP contribution in [0, 0.1) is 6.92 Å². The molecule has 1 aromatic rings. The van der Waals surface area contributed by atoms with Crippen LogP contribution >= 0.6 is 0 Å². The van der Waals surface area contributed by atoms with Crippen LogP contribution in [0.4, 0.5) is 13.2 Å². The summed E-state index contributed by atoms with van der Waals surface area (Å²) in [7, 11) is 0. The second-order valence-corrected chi connectivity index (χ2v) is 2.61. The van der Waals surface area contributed by atoms with E-state index in [2.05, 4.69) is 9.68 Å². The van der Waals surface area contributed by atoms with Crippen LogP contribution in [0.3, 0.4) is 0 Å². The van der Waals surface area contributed by atoms with Crippen molar-refractivity contribution in [2.75, 3.05) is 6.54 Å². The smallest absolute Gasteiger partial charge is 0.351 e. The van der Waals surface area contributed by atoms with E-state index < -0.39 is 11.9 Å². The third kappa shape index (κ3) is 2.00. The van der Waals surface area contributed by atoms with Gasteiger partial charge in [0.25, 0.3) is 0 Å². The van der Waals surface area contributed by atoms with Crippen LogP contribution in [-0.2, 0) is 12.6 Å². The van der Waals surface area contributed by atoms with Gasteiger partial charge in [-0.3, -0.25) is 0 Å². The van der Waals surface area contributed by atoms with Crippen LogP contribution in [0.15, 0.2) is 4.52 Å². The van der Waals surface area contributed by atoms with Crippen molar-refractivity contribution in [3.8, 4) is 0 Å². The zero-order valence-electron chi connectivity index (χ0n) is 6.98. The summed E-state index contributed by atoms with van der Waals surface area (Å²) < 4.78 is 40.8. The molecule has 0 atom stereocenters. The molecule has 0 spiro atoms. The molecule has 1 rings (SSSR count). The number of alkyl halides is 3. The summed E-state index contributed by atoms with van der Waals surface area (Å²) in [5.41, 5.74) is 5.46. The van der Waals surface area contributed by atoms with Gasteiger partial charge in [0.2, 0.25) is 5.76 Å². The normalized spacial score (nSPS) is 12.1. The van der Waals surface area contributed by atoms with E-state index in [4.69, 9.17) is 5.73 Å². The van der Waals surface area contributed by atoms with Crippen LogP contribution in [0.1, 0.15) is 17.0 Å². The lowest BCUT2D eigenvalue weighted by Gasteiger charge is -2.03. The van der Waals surface area contributed by atoms with Crippen LogP contribution in [0.25, 0.3) is 0 Å². The Kier molecular flexibility index (Phi) is 2.60. The molecule has 0 fully saturated rings. The monoisotopic (exact) mass is 194 g/mol. The molecule has 0 bridgehead atoms. The predicted molar refractivity (Wildman–Crippen MR) is 39.0 cm³/mol. The van der Waals surface area contributed by atoms with Crippen molar-refractivity contribution in [3.05, 3.63) is 17.0 Å². The van der Waals surface area contributed by atoms with E-state index in [1.54, 1.807) is 0 Å². The highest BCUT2D eigenvalue weighted by atomic mass is 19.4. The lowest BCUT2D eigenvalue weighted by Crippen LogP contribution is -2.11. The maximum atomic E-state index is 12.2. The minimum absolute atomic E-state index is 0.0509. The summed E-state index contributed by atoms with van der Waals surface area (Å²) in [6.07, 6.45) is -4.35. The van der Waals surface area contributed by atoms with Gasteiger partial charge in [-0.1, -0.05) is 5.16 Å². The minimum atomic E-state index is -4.48. The number of nitrogens with two attached hydrogens (primary N) is 1. The van der Waals surface area contributed by atoms with E-state index in [1.807, 2.05) is 0 Å². The Bertz CT molecular complexity index is 292. The summed E-state index contributed by atoms with van der Waals surface area (Å²) in [5.74, 6) is -1.03. The summed E-state index contributed by atoms with van der Waals surface area (Å²) in [6.45, 7) is 1.61. The van der Waals surface area contributed by atoms with Crippen LogP contribution < -0.4 is 5.73 Å². The van der Waals surface area contributed by atoms with Gasteiger partial charge in [-0.15, -0.1) is 0 Å². The van der Waals surface area contributed by atoms with E-state index in [-0.39, 0.29) is 24.2 Å². The lowest BCUT2D eigenvalue weighted by molar-refractivity contribution is -0.156. The van der Waals surface area contributed by atoms with Crippen molar-refractivity contribution in [1.29, 1.82) is 0 Å². The number of hydrogen-bond donors (Lipinski definition) is 1. The van der Waals surface area contributed by atoms with Crippen LogP contribution in [0.5, 0.6) is 0 Å². The molecule has 0 aliphatic carbocycles. The topological polar surface area (TPSA) is 52.0 Å². The van der Waals surface area contributed by atoms with Crippen molar-refractivity contribution >= 4 is 0 Å². The van der Waals surface area contributed by atoms with Gasteiger partial charge in [-0.25, -0.2) is 0 Å². The molecule has 0 amide bonds. The summed E-state index contributed by atoms with van der Waals surface area (Å²) >= 11 is 0. The Labute approximate surface area is 72.7 Å². The van der Waals surface area contributed by atoms with Gasteiger partial charge in [-0.05, 0) is 19.9 Å². The molecule has 0 saturated heterocycles. The number of aromatic nitrogens is 1. The molecule has 6 heteroatoms. The first-order chi connectivity index (χ1) is 5.96. The number of aryl methyl sites for hydroxylation is 1. The molecule has 0 aromatic carbocycles. The fourth-order valence-electron chi connectivity index (χ4n) is 1.05. The third-order valence-corrected chi connectivity index (χ3v) is 1.64. The standard InChI is InChI=1S/C7H9F3N2O/c1-4-5(2-3-11)6(13-12-4)7(8,9)10/h2-3,11H2,1H3. The van der Waals surface area contributed by atoms with Gasteiger partial charge in [0.15, 0.2) is 0 Å². The van der Waals surface area contributed by atoms with E-state index in [9.17, 15) is 13.2 Å². The third-order valence-electron chi connectivity index (χ3n) is 1.64. The van der Waals surface area contributed by atoms with E-state index in [1.165, 1.54) is 6.92 Å². The quantitative estimate of drug-likeness (QED) is 0.776. The fraction of sp³-hybridized carbons (Fsp3) is 0.571. The van der Waals surface area contributed by atoms with Gasteiger partial charge >= 0.3 is 6.18 Å². The summed E-state index contributed by atoms with van der Waals surface area (Å²) in [4.78, 5) is 0. The fourth-order valence-corrected chi connectivity index (χ4v) is 1.05. The van der Waals surface area contributed by atoms with Gasteiger partial charge in [0, 0.05) is 5.56 Å². The summed E-state index contributed by atoms with van der Waals surface area (Å²) in [6, 6.07) is 0. The molecule has 3 nitrogen and oxygen atoms in total. The largest absolute Gasteiger partial charge is 0.452 e. The molecule has 2 N–H and O–H groups in total. The molecule has 0 aliphatic rings. The zero-order valence-corrected chi connectivity index (χ0v) is 6.98. The Morgan fingerprint density at radius 3 is 2.54 bits per heavy atom. The van der Waals surface area contributed by atoms with Crippen molar-refractivity contribution in [1.82, 2.24) is 5.16 Å². The van der Waals surface area contributed by atoms with Crippen molar-refractivity contribution in [3.63, 3.8) is 0 Å². The van der Waals surface area contributed by atoms with E-state index in [0.717, 1.165) is 0 Å². The van der Waals surface area contributed by atoms with Gasteiger partial charge < -0.3 is 10.3 Å². The maximum Gasteiger partial charge on any atom is 0.452 e. The van der Waals surface area contributed by atoms with Crippen LogP contribution in [-0.4, -0.2) is 11.7 Å². The molecule has 0 aliphatic heterocycles. The van der Waals surface area contributed by atoms with E-state index >= 15 is 0 Å². The van der Waals surface area contributed by atoms with Gasteiger partial charge in [0.05, 0.1) is 5.69 Å². The number of nitrogens with zero attached hydrogens (tertiary/aromatic N) is 1. The molecular formula is C7H9F3N2O. The van der Waals surface area contributed by atoms with Gasteiger partial charge in [0.1, 0.15) is 0 Å². The minimum Gasteiger partial charge on any atom is -0.351 e. The number of rotatable bonds is 2. The second kappa shape index (κ2) is 3.37. The molecule has 0 radical (unpaired) electrons. The molecule has 1 heterocycles. The molecule has 1 aromatic heterocycles. The zero-order chi connectivity index (χ0) is 10.1. The molecule has 0 unspecified atom stereocenters. The van der Waals surface area contributed by atoms with E-state index in [0.29, 0.717) is 0 Å². The average molecular weight is 194 g/mol. The Hall–Kier alpha value is -1.04. The lowest BCUT2D eigenvalue weighted by atomic mass is 10.1. The first-order valence-electron chi connectivity index (χ1n) is 3.69.